The van der Waals surface area contributed by atoms with Gasteiger partial charge in [0.1, 0.15) is 24.3 Å². The summed E-state index contributed by atoms with van der Waals surface area (Å²) >= 11 is 0. The van der Waals surface area contributed by atoms with Crippen molar-refractivity contribution in [3.05, 3.63) is 0 Å². The molecule has 0 aromatic carbocycles. The molecule has 2 aliphatic rings. The minimum Gasteiger partial charge on any atom is -0.444 e. The van der Waals surface area contributed by atoms with Gasteiger partial charge in [-0.1, -0.05) is 58.8 Å². The summed E-state index contributed by atoms with van der Waals surface area (Å²) in [5, 5.41) is 2.89. The van der Waals surface area contributed by atoms with E-state index in [0.29, 0.717) is 31.9 Å². The molecule has 0 aromatic rings. The van der Waals surface area contributed by atoms with Crippen molar-refractivity contribution in [2.45, 2.75) is 124 Å². The third-order valence-corrected chi connectivity index (χ3v) is 8.25. The molecule has 2 rings (SSSR count). The zero-order valence-corrected chi connectivity index (χ0v) is 26.6. The fourth-order valence-electron chi connectivity index (χ4n) is 5.74. The van der Waals surface area contributed by atoms with Crippen LogP contribution in [-0.2, 0) is 23.9 Å². The quantitative estimate of drug-likeness (QED) is 0.286. The number of Topliss-reactive ketones (excluding diaryl/α,β-unsaturated/α-hetero) is 1. The second-order valence-electron chi connectivity index (χ2n) is 13.8. The van der Waals surface area contributed by atoms with Crippen molar-refractivity contribution in [1.82, 2.24) is 15.1 Å². The van der Waals surface area contributed by atoms with Crippen LogP contribution in [0.5, 0.6) is 0 Å². The Morgan fingerprint density at radius 2 is 1.66 bits per heavy atom. The van der Waals surface area contributed by atoms with Gasteiger partial charge in [-0.25, -0.2) is 4.79 Å². The highest BCUT2D eigenvalue weighted by Gasteiger charge is 2.43. The van der Waals surface area contributed by atoms with E-state index in [2.05, 4.69) is 11.2 Å². The third-order valence-electron chi connectivity index (χ3n) is 8.25. The van der Waals surface area contributed by atoms with E-state index in [1.165, 1.54) is 18.4 Å². The molecule has 0 radical (unpaired) electrons. The molecule has 2 fully saturated rings. The van der Waals surface area contributed by atoms with Crippen LogP contribution in [0, 0.1) is 29.6 Å². The zero-order chi connectivity index (χ0) is 31.0. The molecule has 4 atom stereocenters. The van der Waals surface area contributed by atoms with Crippen molar-refractivity contribution < 1.29 is 28.7 Å². The van der Waals surface area contributed by atoms with Gasteiger partial charge in [-0.2, -0.15) is 0 Å². The molecule has 1 aliphatic heterocycles. The molecule has 1 heterocycles. The van der Waals surface area contributed by atoms with Gasteiger partial charge in [0.2, 0.25) is 11.8 Å². The van der Waals surface area contributed by atoms with Crippen molar-refractivity contribution in [3.63, 3.8) is 0 Å². The second kappa shape index (κ2) is 15.0. The van der Waals surface area contributed by atoms with E-state index < -0.39 is 41.1 Å². The molecule has 1 saturated heterocycles. The summed E-state index contributed by atoms with van der Waals surface area (Å²) in [6.07, 6.45) is 12.1. The topological polar surface area (TPSA) is 105 Å². The van der Waals surface area contributed by atoms with Crippen LogP contribution >= 0.6 is 0 Å². The number of hydrogen-bond acceptors (Lipinski definition) is 6. The van der Waals surface area contributed by atoms with Crippen LogP contribution in [0.15, 0.2) is 0 Å². The van der Waals surface area contributed by atoms with Gasteiger partial charge in [-0.15, -0.1) is 6.42 Å². The first-order chi connectivity index (χ1) is 19.1. The largest absolute Gasteiger partial charge is 0.444 e. The van der Waals surface area contributed by atoms with Crippen molar-refractivity contribution >= 4 is 23.7 Å². The second-order valence-corrected chi connectivity index (χ2v) is 13.8. The maximum atomic E-state index is 14.0. The summed E-state index contributed by atoms with van der Waals surface area (Å²) in [5.41, 5.74) is -1.33. The number of ether oxygens (including phenoxy) is 2. The number of terminal acetylenes is 1. The SMILES string of the molecule is C#CCOC[C@@H](CC(=O)[C@@H]1CCCN1C(=O)[C@@H](NC(=O)[C@H](C)N(C)C(=O)OC(C)(C)C)C(C)(C)C)C1CCCCC1. The molecule has 9 heteroatoms. The molecule has 41 heavy (non-hydrogen) atoms. The van der Waals surface area contributed by atoms with Crippen LogP contribution in [0.1, 0.15) is 99.8 Å². The predicted octanol–water partition coefficient (Wildman–Crippen LogP) is 4.57. The molecule has 1 N–H and O–H groups in total. The number of likely N-dealkylation sites (tertiary alicyclic amines) is 1. The van der Waals surface area contributed by atoms with Crippen LogP contribution in [-0.4, -0.2) is 84.0 Å². The summed E-state index contributed by atoms with van der Waals surface area (Å²) in [6.45, 7) is 13.7. The van der Waals surface area contributed by atoms with E-state index in [1.807, 2.05) is 20.8 Å². The Kier molecular flexibility index (Phi) is 12.7. The Labute approximate surface area is 247 Å². The van der Waals surface area contributed by atoms with Gasteiger partial charge in [0.15, 0.2) is 5.78 Å². The van der Waals surface area contributed by atoms with Gasteiger partial charge in [0, 0.05) is 20.0 Å². The minimum absolute atomic E-state index is 0.0488. The number of likely N-dealkylation sites (N-methyl/N-ethyl adjacent to an activating group) is 1. The Balaban J connectivity index is 2.15. The van der Waals surface area contributed by atoms with E-state index >= 15 is 0 Å². The molecule has 0 bridgehead atoms. The number of hydrogen-bond donors (Lipinski definition) is 1. The molecule has 0 spiro atoms. The molecule has 232 valence electrons. The van der Waals surface area contributed by atoms with Gasteiger partial charge in [0.05, 0.1) is 12.6 Å². The molecule has 9 nitrogen and oxygen atoms in total. The first kappa shape index (κ1) is 34.6. The van der Waals surface area contributed by atoms with Crippen molar-refractivity contribution in [1.29, 1.82) is 0 Å². The van der Waals surface area contributed by atoms with Gasteiger partial charge in [0.25, 0.3) is 0 Å². The smallest absolute Gasteiger partial charge is 0.410 e. The number of nitrogens with zero attached hydrogens (tertiary/aromatic N) is 2. The maximum absolute atomic E-state index is 14.0. The highest BCUT2D eigenvalue weighted by atomic mass is 16.6. The van der Waals surface area contributed by atoms with Crippen LogP contribution in [0.25, 0.3) is 0 Å². The predicted molar refractivity (Wildman–Crippen MR) is 159 cm³/mol. The lowest BCUT2D eigenvalue weighted by molar-refractivity contribution is -0.144. The summed E-state index contributed by atoms with van der Waals surface area (Å²) in [5.74, 6) is 2.32. The van der Waals surface area contributed by atoms with E-state index in [9.17, 15) is 19.2 Å². The fraction of sp³-hybridized carbons (Fsp3) is 0.812. The Hall–Kier alpha value is -2.60. The van der Waals surface area contributed by atoms with E-state index in [-0.39, 0.29) is 24.2 Å². The summed E-state index contributed by atoms with van der Waals surface area (Å²) in [4.78, 5) is 56.3. The van der Waals surface area contributed by atoms with Crippen LogP contribution in [0.3, 0.4) is 0 Å². The lowest BCUT2D eigenvalue weighted by atomic mass is 9.77. The van der Waals surface area contributed by atoms with Crippen LogP contribution < -0.4 is 5.32 Å². The standard InChI is InChI=1S/C32H53N3O6/c1-10-19-40-21-24(23-15-12-11-13-16-23)20-26(36)25-17-14-18-35(25)29(38)27(31(3,4)5)33-28(37)22(2)34(9)30(39)41-32(6,7)8/h1,22-25,27H,11-21H2,2-9H3,(H,33,37)/t22-,24+,25-,27+/m0/s1. The minimum atomic E-state index is -0.869. The lowest BCUT2D eigenvalue weighted by Gasteiger charge is -2.37. The normalized spacial score (nSPS) is 20.5. The Morgan fingerprint density at radius 3 is 2.22 bits per heavy atom. The Bertz CT molecular complexity index is 954. The van der Waals surface area contributed by atoms with E-state index in [0.717, 1.165) is 32.1 Å². The number of nitrogens with one attached hydrogen (secondary N) is 1. The average Bonchev–Trinajstić information content (AvgIpc) is 3.39. The summed E-state index contributed by atoms with van der Waals surface area (Å²) < 4.78 is 11.1. The van der Waals surface area contributed by atoms with Gasteiger partial charge in [-0.3, -0.25) is 19.3 Å². The molecule has 1 saturated carbocycles. The first-order valence-corrected chi connectivity index (χ1v) is 15.2. The first-order valence-electron chi connectivity index (χ1n) is 15.2. The molecular weight excluding hydrogens is 522 g/mol. The number of carbonyl (C=O) groups is 4. The molecule has 0 unspecified atom stereocenters. The number of carbonyl (C=O) groups excluding carboxylic acids is 4. The van der Waals surface area contributed by atoms with Crippen molar-refractivity contribution in [3.8, 4) is 12.3 Å². The van der Waals surface area contributed by atoms with E-state index in [1.54, 1.807) is 32.6 Å². The Morgan fingerprint density at radius 1 is 1.02 bits per heavy atom. The maximum Gasteiger partial charge on any atom is 0.410 e. The lowest BCUT2D eigenvalue weighted by Crippen LogP contribution is -2.59. The number of rotatable bonds is 11. The number of amides is 3. The summed E-state index contributed by atoms with van der Waals surface area (Å²) in [7, 11) is 1.50. The van der Waals surface area contributed by atoms with Crippen molar-refractivity contribution in [2.75, 3.05) is 26.8 Å². The van der Waals surface area contributed by atoms with E-state index in [4.69, 9.17) is 15.9 Å². The highest BCUT2D eigenvalue weighted by molar-refractivity contribution is 5.95. The molecular formula is C32H53N3O6. The highest BCUT2D eigenvalue weighted by Crippen LogP contribution is 2.34. The molecule has 1 aliphatic carbocycles. The number of ketones is 1. The van der Waals surface area contributed by atoms with Crippen molar-refractivity contribution in [2.24, 2.45) is 17.3 Å². The van der Waals surface area contributed by atoms with Gasteiger partial charge < -0.3 is 19.7 Å². The average molecular weight is 576 g/mol. The van der Waals surface area contributed by atoms with Crippen LogP contribution in [0.4, 0.5) is 4.79 Å². The van der Waals surface area contributed by atoms with Crippen LogP contribution in [0.2, 0.25) is 0 Å². The zero-order valence-electron chi connectivity index (χ0n) is 26.6. The molecule has 0 aromatic heterocycles. The fourth-order valence-corrected chi connectivity index (χ4v) is 5.74. The third kappa shape index (κ3) is 10.3. The summed E-state index contributed by atoms with van der Waals surface area (Å²) in [6, 6.07) is -2.26. The monoisotopic (exact) mass is 575 g/mol. The van der Waals surface area contributed by atoms with Gasteiger partial charge >= 0.3 is 6.09 Å². The van der Waals surface area contributed by atoms with Gasteiger partial charge in [-0.05, 0) is 57.8 Å². The molecule has 3 amide bonds.